The second-order valence-corrected chi connectivity index (χ2v) is 4.12. The fourth-order valence-electron chi connectivity index (χ4n) is 2.03. The van der Waals surface area contributed by atoms with E-state index in [9.17, 15) is 0 Å². The highest BCUT2D eigenvalue weighted by Gasteiger charge is 2.20. The molecule has 1 fully saturated rings. The molecule has 1 aliphatic rings. The fraction of sp³-hybridized carbons (Fsp3) is 0.909. The Morgan fingerprint density at radius 1 is 1.64 bits per heavy atom. The Morgan fingerprint density at radius 2 is 2.43 bits per heavy atom. The molecule has 0 aromatic rings. The molecule has 3 heteroatoms. The molecule has 2 atom stereocenters. The number of nitriles is 1. The van der Waals surface area contributed by atoms with E-state index in [0.29, 0.717) is 0 Å². The fourth-order valence-corrected chi connectivity index (χ4v) is 2.03. The van der Waals surface area contributed by atoms with Crippen molar-refractivity contribution in [3.8, 4) is 6.07 Å². The van der Waals surface area contributed by atoms with Crippen molar-refractivity contribution < 1.29 is 0 Å². The first-order valence-electron chi connectivity index (χ1n) is 5.59. The Hall–Kier alpha value is -0.590. The zero-order valence-electron chi connectivity index (χ0n) is 9.29. The quantitative estimate of drug-likeness (QED) is 0.717. The largest absolute Gasteiger partial charge is 0.305 e. The van der Waals surface area contributed by atoms with E-state index in [1.807, 2.05) is 7.05 Å². The van der Waals surface area contributed by atoms with Crippen LogP contribution in [-0.2, 0) is 0 Å². The molecule has 0 spiro atoms. The zero-order valence-corrected chi connectivity index (χ0v) is 9.29. The number of hydrogen-bond donors (Lipinski definition) is 1. The van der Waals surface area contributed by atoms with Crippen LogP contribution in [0.4, 0.5) is 0 Å². The van der Waals surface area contributed by atoms with Gasteiger partial charge < -0.3 is 10.2 Å². The molecule has 0 saturated carbocycles. The summed E-state index contributed by atoms with van der Waals surface area (Å²) in [5.74, 6) is 0.894. The average molecular weight is 195 g/mol. The molecule has 3 nitrogen and oxygen atoms in total. The predicted octanol–water partition coefficient (Wildman–Crippen LogP) is 1.22. The van der Waals surface area contributed by atoms with Gasteiger partial charge in [-0.3, -0.25) is 0 Å². The summed E-state index contributed by atoms with van der Waals surface area (Å²) in [6, 6.07) is 2.29. The van der Waals surface area contributed by atoms with Crippen LogP contribution < -0.4 is 5.32 Å². The van der Waals surface area contributed by atoms with Gasteiger partial charge in [0.2, 0.25) is 0 Å². The number of nitrogens with zero attached hydrogens (tertiary/aromatic N) is 2. The van der Waals surface area contributed by atoms with Gasteiger partial charge in [-0.1, -0.05) is 13.3 Å². The van der Waals surface area contributed by atoms with Crippen molar-refractivity contribution in [3.63, 3.8) is 0 Å². The van der Waals surface area contributed by atoms with Crippen molar-refractivity contribution in [2.45, 2.75) is 32.2 Å². The van der Waals surface area contributed by atoms with E-state index in [1.54, 1.807) is 0 Å². The molecule has 2 unspecified atom stereocenters. The molecule has 1 rings (SSSR count). The molecule has 0 amide bonds. The maximum absolute atomic E-state index is 8.77. The van der Waals surface area contributed by atoms with Crippen molar-refractivity contribution in [3.05, 3.63) is 0 Å². The molecule has 14 heavy (non-hydrogen) atoms. The molecule has 80 valence electrons. The van der Waals surface area contributed by atoms with Crippen molar-refractivity contribution in [1.82, 2.24) is 10.2 Å². The van der Waals surface area contributed by atoms with Gasteiger partial charge >= 0.3 is 0 Å². The minimum absolute atomic E-state index is 0.0238. The monoisotopic (exact) mass is 195 g/mol. The Bertz CT molecular complexity index is 197. The lowest BCUT2D eigenvalue weighted by Crippen LogP contribution is -2.30. The molecule has 0 aromatic carbocycles. The van der Waals surface area contributed by atoms with Gasteiger partial charge in [0.25, 0.3) is 0 Å². The first-order valence-corrected chi connectivity index (χ1v) is 5.59. The third-order valence-corrected chi connectivity index (χ3v) is 3.19. The molecule has 0 aromatic heterocycles. The Labute approximate surface area is 87.1 Å². The van der Waals surface area contributed by atoms with E-state index in [1.165, 1.54) is 25.9 Å². The summed E-state index contributed by atoms with van der Waals surface area (Å²) < 4.78 is 0. The standard InChI is InChI=1S/C11H21N3/c1-3-10-4-6-14(9-10)7-5-11(8-12)13-2/h10-11,13H,3-7,9H2,1-2H3. The van der Waals surface area contributed by atoms with E-state index >= 15 is 0 Å². The van der Waals surface area contributed by atoms with Crippen LogP contribution in [0.1, 0.15) is 26.2 Å². The van der Waals surface area contributed by atoms with Crippen LogP contribution in [0.15, 0.2) is 0 Å². The second kappa shape index (κ2) is 6.00. The van der Waals surface area contributed by atoms with Gasteiger partial charge in [-0.05, 0) is 32.4 Å². The molecule has 0 bridgehead atoms. The van der Waals surface area contributed by atoms with E-state index < -0.39 is 0 Å². The van der Waals surface area contributed by atoms with E-state index in [-0.39, 0.29) is 6.04 Å². The van der Waals surface area contributed by atoms with Gasteiger partial charge in [-0.15, -0.1) is 0 Å². The summed E-state index contributed by atoms with van der Waals surface area (Å²) in [5, 5.41) is 11.8. The summed E-state index contributed by atoms with van der Waals surface area (Å²) in [4.78, 5) is 2.48. The minimum Gasteiger partial charge on any atom is -0.305 e. The molecule has 0 aliphatic carbocycles. The Morgan fingerprint density at radius 3 is 2.93 bits per heavy atom. The van der Waals surface area contributed by atoms with Gasteiger partial charge in [0.1, 0.15) is 0 Å². The van der Waals surface area contributed by atoms with Crippen molar-refractivity contribution in [2.75, 3.05) is 26.7 Å². The van der Waals surface area contributed by atoms with Crippen LogP contribution >= 0.6 is 0 Å². The van der Waals surface area contributed by atoms with E-state index in [4.69, 9.17) is 5.26 Å². The highest BCUT2D eigenvalue weighted by atomic mass is 15.1. The van der Waals surface area contributed by atoms with Gasteiger partial charge in [0, 0.05) is 13.1 Å². The highest BCUT2D eigenvalue weighted by Crippen LogP contribution is 2.18. The number of hydrogen-bond acceptors (Lipinski definition) is 3. The van der Waals surface area contributed by atoms with Crippen LogP contribution in [0.25, 0.3) is 0 Å². The van der Waals surface area contributed by atoms with Crippen LogP contribution in [0.5, 0.6) is 0 Å². The molecule has 0 radical (unpaired) electrons. The molecule has 1 aliphatic heterocycles. The summed E-state index contributed by atoms with van der Waals surface area (Å²) in [6.07, 6.45) is 3.58. The lowest BCUT2D eigenvalue weighted by atomic mass is 10.1. The lowest BCUT2D eigenvalue weighted by Gasteiger charge is -2.17. The topological polar surface area (TPSA) is 39.1 Å². The van der Waals surface area contributed by atoms with Crippen LogP contribution in [0.2, 0.25) is 0 Å². The molecule has 1 N–H and O–H groups in total. The highest BCUT2D eigenvalue weighted by molar-refractivity contribution is 4.89. The van der Waals surface area contributed by atoms with Gasteiger partial charge in [0.15, 0.2) is 0 Å². The smallest absolute Gasteiger partial charge is 0.0962 e. The first-order chi connectivity index (χ1) is 6.80. The summed E-state index contributed by atoms with van der Waals surface area (Å²) in [6.45, 7) is 5.79. The molecular weight excluding hydrogens is 174 g/mol. The maximum Gasteiger partial charge on any atom is 0.0962 e. The van der Waals surface area contributed by atoms with Crippen molar-refractivity contribution in [2.24, 2.45) is 5.92 Å². The minimum atomic E-state index is 0.0238. The third kappa shape index (κ3) is 3.28. The predicted molar refractivity (Wildman–Crippen MR) is 57.9 cm³/mol. The number of likely N-dealkylation sites (tertiary alicyclic amines) is 1. The van der Waals surface area contributed by atoms with Gasteiger partial charge in [-0.25, -0.2) is 0 Å². The molecule has 1 heterocycles. The summed E-state index contributed by atoms with van der Waals surface area (Å²) in [7, 11) is 1.85. The van der Waals surface area contributed by atoms with Gasteiger partial charge in [-0.2, -0.15) is 5.26 Å². The third-order valence-electron chi connectivity index (χ3n) is 3.19. The lowest BCUT2D eigenvalue weighted by molar-refractivity contribution is 0.310. The average Bonchev–Trinajstić information content (AvgIpc) is 2.67. The summed E-state index contributed by atoms with van der Waals surface area (Å²) in [5.41, 5.74) is 0. The molecular formula is C11H21N3. The zero-order chi connectivity index (χ0) is 10.4. The van der Waals surface area contributed by atoms with Crippen LogP contribution in [0, 0.1) is 17.2 Å². The Kier molecular flexibility index (Phi) is 4.92. The second-order valence-electron chi connectivity index (χ2n) is 4.12. The summed E-state index contributed by atoms with van der Waals surface area (Å²) >= 11 is 0. The van der Waals surface area contributed by atoms with Crippen LogP contribution in [-0.4, -0.2) is 37.6 Å². The van der Waals surface area contributed by atoms with E-state index in [0.717, 1.165) is 18.9 Å². The first kappa shape index (κ1) is 11.5. The number of nitrogens with one attached hydrogen (secondary N) is 1. The van der Waals surface area contributed by atoms with Crippen molar-refractivity contribution >= 4 is 0 Å². The number of rotatable bonds is 5. The van der Waals surface area contributed by atoms with E-state index in [2.05, 4.69) is 23.2 Å². The van der Waals surface area contributed by atoms with Crippen molar-refractivity contribution in [1.29, 1.82) is 5.26 Å². The SMILES string of the molecule is CCC1CCN(CCC(C#N)NC)C1. The normalized spacial score (nSPS) is 24.8. The van der Waals surface area contributed by atoms with Crippen LogP contribution in [0.3, 0.4) is 0 Å². The molecule has 1 saturated heterocycles. The van der Waals surface area contributed by atoms with Gasteiger partial charge in [0.05, 0.1) is 12.1 Å². The Balaban J connectivity index is 2.17. The maximum atomic E-state index is 8.77.